The summed E-state index contributed by atoms with van der Waals surface area (Å²) in [6, 6.07) is 3.09. The average molecular weight is 396 g/mol. The summed E-state index contributed by atoms with van der Waals surface area (Å²) in [6.07, 6.45) is -1.38. The number of hydrogen-bond donors (Lipinski definition) is 7. The zero-order chi connectivity index (χ0) is 21.3. The van der Waals surface area contributed by atoms with E-state index in [4.69, 9.17) is 10.8 Å². The molecule has 3 unspecified atom stereocenters. The molecule has 8 N–H and O–H groups in total. The summed E-state index contributed by atoms with van der Waals surface area (Å²) in [5, 5.41) is 34.8. The van der Waals surface area contributed by atoms with Crippen molar-refractivity contribution in [1.29, 1.82) is 0 Å². The van der Waals surface area contributed by atoms with Crippen LogP contribution >= 0.6 is 0 Å². The van der Waals surface area contributed by atoms with E-state index < -0.39 is 48.4 Å². The van der Waals surface area contributed by atoms with E-state index in [1.807, 2.05) is 0 Å². The lowest BCUT2D eigenvalue weighted by Gasteiger charge is -2.23. The Morgan fingerprint density at radius 2 is 1.68 bits per heavy atom. The number of benzene rings is 1. The molecule has 0 aliphatic rings. The van der Waals surface area contributed by atoms with Crippen LogP contribution in [0, 0.1) is 0 Å². The van der Waals surface area contributed by atoms with Crippen molar-refractivity contribution < 1.29 is 34.5 Å². The Morgan fingerprint density at radius 3 is 2.18 bits per heavy atom. The van der Waals surface area contributed by atoms with Crippen LogP contribution in [0.2, 0.25) is 0 Å². The highest BCUT2D eigenvalue weighted by molar-refractivity contribution is 5.92. The van der Waals surface area contributed by atoms with Crippen LogP contribution < -0.4 is 21.7 Å². The van der Waals surface area contributed by atoms with Gasteiger partial charge in [-0.05, 0) is 24.6 Å². The van der Waals surface area contributed by atoms with Crippen LogP contribution in [0.25, 0.3) is 0 Å². The smallest absolute Gasteiger partial charge is 0.328 e. The highest BCUT2D eigenvalue weighted by Gasteiger charge is 2.29. The minimum absolute atomic E-state index is 0.0123. The predicted molar refractivity (Wildman–Crippen MR) is 97.1 cm³/mol. The molecule has 0 fully saturated rings. The van der Waals surface area contributed by atoms with Gasteiger partial charge in [-0.1, -0.05) is 12.1 Å². The Kier molecular flexibility index (Phi) is 8.85. The molecule has 0 aliphatic carbocycles. The second-order valence-corrected chi connectivity index (χ2v) is 6.04. The Balaban J connectivity index is 2.90. The van der Waals surface area contributed by atoms with Gasteiger partial charge in [-0.3, -0.25) is 14.4 Å². The van der Waals surface area contributed by atoms with Gasteiger partial charge < -0.3 is 37.0 Å². The van der Waals surface area contributed by atoms with Gasteiger partial charge in [-0.2, -0.15) is 0 Å². The molecule has 3 amide bonds. The number of nitrogens with one attached hydrogen (secondary N) is 3. The zero-order valence-electron chi connectivity index (χ0n) is 15.2. The number of nitrogens with two attached hydrogens (primary N) is 1. The molecule has 0 saturated heterocycles. The average Bonchev–Trinajstić information content (AvgIpc) is 2.64. The van der Waals surface area contributed by atoms with Crippen LogP contribution in [0.15, 0.2) is 24.3 Å². The number of rotatable bonds is 10. The van der Waals surface area contributed by atoms with Gasteiger partial charge in [0.2, 0.25) is 17.7 Å². The molecule has 0 bridgehead atoms. The first-order chi connectivity index (χ1) is 13.1. The molecule has 0 aliphatic heterocycles. The van der Waals surface area contributed by atoms with Crippen molar-refractivity contribution in [3.63, 3.8) is 0 Å². The normalized spacial score (nSPS) is 13.7. The van der Waals surface area contributed by atoms with E-state index in [1.54, 1.807) is 0 Å². The number of amides is 3. The van der Waals surface area contributed by atoms with Gasteiger partial charge in [-0.25, -0.2) is 4.79 Å². The van der Waals surface area contributed by atoms with E-state index in [2.05, 4.69) is 16.0 Å². The highest BCUT2D eigenvalue weighted by atomic mass is 16.4. The van der Waals surface area contributed by atoms with E-state index in [9.17, 15) is 29.4 Å². The molecule has 0 aromatic heterocycles. The largest absolute Gasteiger partial charge is 0.508 e. The summed E-state index contributed by atoms with van der Waals surface area (Å²) in [6.45, 7) is 0.475. The van der Waals surface area contributed by atoms with Gasteiger partial charge in [-0.15, -0.1) is 0 Å². The number of aromatic hydroxyl groups is 1. The monoisotopic (exact) mass is 396 g/mol. The molecular weight excluding hydrogens is 372 g/mol. The van der Waals surface area contributed by atoms with Crippen LogP contribution in [-0.4, -0.2) is 70.3 Å². The fraction of sp³-hybridized carbons (Fsp3) is 0.412. The van der Waals surface area contributed by atoms with Crippen LogP contribution in [0.3, 0.4) is 0 Å². The molecule has 0 radical (unpaired) electrons. The van der Waals surface area contributed by atoms with Crippen molar-refractivity contribution in [1.82, 2.24) is 16.0 Å². The number of carboxylic acids is 1. The first-order valence-corrected chi connectivity index (χ1v) is 8.39. The topological polar surface area (TPSA) is 191 Å². The molecule has 11 nitrogen and oxygen atoms in total. The molecule has 1 rings (SSSR count). The number of phenolic OH excluding ortho intramolecular Hbond substituents is 1. The van der Waals surface area contributed by atoms with Gasteiger partial charge in [0.15, 0.2) is 6.04 Å². The maximum atomic E-state index is 12.5. The summed E-state index contributed by atoms with van der Waals surface area (Å²) in [4.78, 5) is 46.9. The summed E-state index contributed by atoms with van der Waals surface area (Å²) in [5.41, 5.74) is 5.70. The number of phenols is 1. The third-order valence-corrected chi connectivity index (χ3v) is 3.71. The standard InChI is InChI=1S/C17H24N4O7/c1-9(22)15(17(27)28)21-16(26)12(6-10-2-4-11(23)5-3-10)20-14(25)8-19-13(24)7-18/h2-5,9,12,15,22-23H,6-8,18H2,1H3,(H,19,24)(H,20,25)(H,21,26)(H,27,28). The van der Waals surface area contributed by atoms with Crippen LogP contribution in [0.5, 0.6) is 5.75 Å². The maximum Gasteiger partial charge on any atom is 0.328 e. The van der Waals surface area contributed by atoms with Crippen LogP contribution in [0.1, 0.15) is 12.5 Å². The summed E-state index contributed by atoms with van der Waals surface area (Å²) < 4.78 is 0. The highest BCUT2D eigenvalue weighted by Crippen LogP contribution is 2.11. The van der Waals surface area contributed by atoms with E-state index in [1.165, 1.54) is 31.2 Å². The molecule has 3 atom stereocenters. The third kappa shape index (κ3) is 7.60. The lowest BCUT2D eigenvalue weighted by Crippen LogP contribution is -2.56. The second kappa shape index (κ2) is 10.8. The zero-order valence-corrected chi connectivity index (χ0v) is 15.2. The van der Waals surface area contributed by atoms with E-state index in [-0.39, 0.29) is 18.7 Å². The molecule has 154 valence electrons. The number of aliphatic carboxylic acids is 1. The van der Waals surface area contributed by atoms with Gasteiger partial charge in [0.25, 0.3) is 0 Å². The second-order valence-electron chi connectivity index (χ2n) is 6.04. The Labute approximate surface area is 160 Å². The van der Waals surface area contributed by atoms with Crippen molar-refractivity contribution in [2.24, 2.45) is 5.73 Å². The minimum Gasteiger partial charge on any atom is -0.508 e. The number of hydrogen-bond acceptors (Lipinski definition) is 7. The lowest BCUT2D eigenvalue weighted by atomic mass is 10.0. The van der Waals surface area contributed by atoms with Gasteiger partial charge >= 0.3 is 5.97 Å². The first-order valence-electron chi connectivity index (χ1n) is 8.39. The van der Waals surface area contributed by atoms with Crippen molar-refractivity contribution in [3.8, 4) is 5.75 Å². The van der Waals surface area contributed by atoms with Crippen molar-refractivity contribution in [2.75, 3.05) is 13.1 Å². The molecule has 0 spiro atoms. The van der Waals surface area contributed by atoms with Crippen molar-refractivity contribution in [3.05, 3.63) is 29.8 Å². The Bertz CT molecular complexity index is 706. The number of carbonyl (C=O) groups excluding carboxylic acids is 3. The molecular formula is C17H24N4O7. The number of aliphatic hydroxyl groups excluding tert-OH is 1. The predicted octanol–water partition coefficient (Wildman–Crippen LogP) is -2.56. The Morgan fingerprint density at radius 1 is 1.07 bits per heavy atom. The van der Waals surface area contributed by atoms with Gasteiger partial charge in [0.05, 0.1) is 19.2 Å². The Hall–Kier alpha value is -3.18. The quantitative estimate of drug-likeness (QED) is 0.225. The molecule has 28 heavy (non-hydrogen) atoms. The van der Waals surface area contributed by atoms with Crippen LogP contribution in [0.4, 0.5) is 0 Å². The van der Waals surface area contributed by atoms with Gasteiger partial charge in [0, 0.05) is 6.42 Å². The fourth-order valence-electron chi connectivity index (χ4n) is 2.22. The first kappa shape index (κ1) is 22.9. The van der Waals surface area contributed by atoms with E-state index in [0.29, 0.717) is 5.56 Å². The summed E-state index contributed by atoms with van der Waals surface area (Å²) in [5.74, 6) is -3.51. The number of carbonyl (C=O) groups is 4. The SMILES string of the molecule is CC(O)C(NC(=O)C(Cc1ccc(O)cc1)NC(=O)CNC(=O)CN)C(=O)O. The van der Waals surface area contributed by atoms with Gasteiger partial charge in [0.1, 0.15) is 11.8 Å². The van der Waals surface area contributed by atoms with Crippen molar-refractivity contribution >= 4 is 23.7 Å². The fourth-order valence-corrected chi connectivity index (χ4v) is 2.22. The lowest BCUT2D eigenvalue weighted by molar-refractivity contribution is -0.145. The van der Waals surface area contributed by atoms with E-state index in [0.717, 1.165) is 0 Å². The van der Waals surface area contributed by atoms with E-state index >= 15 is 0 Å². The maximum absolute atomic E-state index is 12.5. The number of carboxylic acid groups (broad SMARTS) is 1. The molecule has 0 heterocycles. The van der Waals surface area contributed by atoms with Crippen molar-refractivity contribution in [2.45, 2.75) is 31.5 Å². The third-order valence-electron chi connectivity index (χ3n) is 3.71. The molecule has 1 aromatic rings. The summed E-state index contributed by atoms with van der Waals surface area (Å²) >= 11 is 0. The van der Waals surface area contributed by atoms with Crippen LogP contribution in [-0.2, 0) is 25.6 Å². The number of aliphatic hydroxyl groups is 1. The molecule has 11 heteroatoms. The minimum atomic E-state index is -1.57. The summed E-state index contributed by atoms with van der Waals surface area (Å²) in [7, 11) is 0. The molecule has 0 saturated carbocycles. The molecule has 1 aromatic carbocycles.